The summed E-state index contributed by atoms with van der Waals surface area (Å²) in [7, 11) is 0. The minimum absolute atomic E-state index is 0.237. The number of hydrogen-bond donors (Lipinski definition) is 1. The van der Waals surface area contributed by atoms with E-state index in [4.69, 9.17) is 5.11 Å². The Morgan fingerprint density at radius 3 is 2.37 bits per heavy atom. The highest BCUT2D eigenvalue weighted by Gasteiger charge is 2.09. The second kappa shape index (κ2) is 5.71. The van der Waals surface area contributed by atoms with Crippen LogP contribution in [0.2, 0.25) is 0 Å². The van der Waals surface area contributed by atoms with Crippen molar-refractivity contribution in [2.24, 2.45) is 0 Å². The van der Waals surface area contributed by atoms with E-state index in [-0.39, 0.29) is 5.56 Å². The third kappa shape index (κ3) is 3.78. The summed E-state index contributed by atoms with van der Waals surface area (Å²) in [6.07, 6.45) is 0. The Bertz CT molecular complexity index is 626. The molecule has 1 aromatic carbocycles. The topological polar surface area (TPSA) is 63.1 Å². The zero-order valence-corrected chi connectivity index (χ0v) is 12.7. The Morgan fingerprint density at radius 2 is 1.79 bits per heavy atom. The van der Waals surface area contributed by atoms with Crippen molar-refractivity contribution in [3.05, 3.63) is 45.7 Å². The molecule has 6 heteroatoms. The monoisotopic (exact) mass is 338 g/mol. The first kappa shape index (κ1) is 14.0. The van der Waals surface area contributed by atoms with Crippen molar-refractivity contribution in [2.75, 3.05) is 0 Å². The predicted octanol–water partition coefficient (Wildman–Crippen LogP) is 3.71. The molecule has 0 amide bonds. The molecular weight excluding hydrogens is 328 g/mol. The average Bonchev–Trinajstić information content (AvgIpc) is 2.26. The molecule has 0 aliphatic heterocycles. The van der Waals surface area contributed by atoms with E-state index in [1.54, 1.807) is 12.1 Å². The van der Waals surface area contributed by atoms with Gasteiger partial charge in [-0.1, -0.05) is 15.9 Å². The standard InChI is InChI=1S/C13H11BrN2O2S/c1-7-3-8(2)16-13(15-7)19-11-5-9(12(17)18)4-10(14)6-11/h3-6H,1-2H3,(H,17,18). The summed E-state index contributed by atoms with van der Waals surface area (Å²) in [6, 6.07) is 6.92. The Morgan fingerprint density at radius 1 is 1.16 bits per heavy atom. The van der Waals surface area contributed by atoms with Gasteiger partial charge in [0.2, 0.25) is 0 Å². The highest BCUT2D eigenvalue weighted by molar-refractivity contribution is 9.10. The Kier molecular flexibility index (Phi) is 4.21. The molecular formula is C13H11BrN2O2S. The van der Waals surface area contributed by atoms with Crippen molar-refractivity contribution < 1.29 is 9.90 Å². The van der Waals surface area contributed by atoms with Crippen LogP contribution in [0.1, 0.15) is 21.7 Å². The van der Waals surface area contributed by atoms with E-state index < -0.39 is 5.97 Å². The van der Waals surface area contributed by atoms with E-state index >= 15 is 0 Å². The third-order valence-electron chi connectivity index (χ3n) is 2.29. The van der Waals surface area contributed by atoms with Gasteiger partial charge in [-0.3, -0.25) is 0 Å². The lowest BCUT2D eigenvalue weighted by Gasteiger charge is -2.05. The first-order chi connectivity index (χ1) is 8.94. The summed E-state index contributed by atoms with van der Waals surface area (Å²) < 4.78 is 0.722. The van der Waals surface area contributed by atoms with Gasteiger partial charge in [0.15, 0.2) is 5.16 Å². The van der Waals surface area contributed by atoms with Crippen molar-refractivity contribution >= 4 is 33.7 Å². The van der Waals surface area contributed by atoms with Crippen LogP contribution in [0.25, 0.3) is 0 Å². The van der Waals surface area contributed by atoms with E-state index in [1.165, 1.54) is 11.8 Å². The van der Waals surface area contributed by atoms with Gasteiger partial charge in [-0.25, -0.2) is 14.8 Å². The lowest BCUT2D eigenvalue weighted by atomic mass is 10.2. The van der Waals surface area contributed by atoms with Crippen LogP contribution < -0.4 is 0 Å². The van der Waals surface area contributed by atoms with E-state index in [1.807, 2.05) is 26.0 Å². The SMILES string of the molecule is Cc1cc(C)nc(Sc2cc(Br)cc(C(=O)O)c2)n1. The normalized spacial score (nSPS) is 10.5. The number of nitrogens with zero attached hydrogens (tertiary/aromatic N) is 2. The van der Waals surface area contributed by atoms with Crippen LogP contribution in [0.3, 0.4) is 0 Å². The lowest BCUT2D eigenvalue weighted by Crippen LogP contribution is -1.97. The van der Waals surface area contributed by atoms with Gasteiger partial charge in [0.1, 0.15) is 0 Å². The van der Waals surface area contributed by atoms with Crippen molar-refractivity contribution in [1.82, 2.24) is 9.97 Å². The number of hydrogen-bond acceptors (Lipinski definition) is 4. The first-order valence-corrected chi connectivity index (χ1v) is 7.09. The molecule has 0 radical (unpaired) electrons. The van der Waals surface area contributed by atoms with Gasteiger partial charge < -0.3 is 5.11 Å². The van der Waals surface area contributed by atoms with Crippen molar-refractivity contribution in [3.8, 4) is 0 Å². The molecule has 19 heavy (non-hydrogen) atoms. The molecule has 0 aliphatic carbocycles. The van der Waals surface area contributed by atoms with Crippen LogP contribution in [-0.4, -0.2) is 21.0 Å². The lowest BCUT2D eigenvalue weighted by molar-refractivity contribution is 0.0696. The summed E-state index contributed by atoms with van der Waals surface area (Å²) in [6.45, 7) is 3.81. The van der Waals surface area contributed by atoms with Crippen molar-refractivity contribution in [2.45, 2.75) is 23.9 Å². The van der Waals surface area contributed by atoms with Crippen molar-refractivity contribution in [3.63, 3.8) is 0 Å². The molecule has 0 bridgehead atoms. The first-order valence-electron chi connectivity index (χ1n) is 5.48. The number of carboxylic acids is 1. The van der Waals surface area contributed by atoms with Gasteiger partial charge in [-0.2, -0.15) is 0 Å². The minimum Gasteiger partial charge on any atom is -0.478 e. The highest BCUT2D eigenvalue weighted by Crippen LogP contribution is 2.29. The molecule has 0 fully saturated rings. The molecule has 1 aromatic heterocycles. The molecule has 0 saturated carbocycles. The fourth-order valence-corrected chi connectivity index (χ4v) is 3.20. The van der Waals surface area contributed by atoms with E-state index in [9.17, 15) is 4.79 Å². The van der Waals surface area contributed by atoms with Gasteiger partial charge in [0.05, 0.1) is 5.56 Å². The molecule has 98 valence electrons. The molecule has 1 heterocycles. The quantitative estimate of drug-likeness (QED) is 0.864. The molecule has 1 N–H and O–H groups in total. The minimum atomic E-state index is -0.954. The van der Waals surface area contributed by atoms with Crippen LogP contribution in [0, 0.1) is 13.8 Å². The number of aromatic nitrogens is 2. The smallest absolute Gasteiger partial charge is 0.335 e. The maximum absolute atomic E-state index is 11.0. The summed E-state index contributed by atoms with van der Waals surface area (Å²) in [5.41, 5.74) is 2.02. The van der Waals surface area contributed by atoms with Gasteiger partial charge >= 0.3 is 5.97 Å². The number of carbonyl (C=O) groups is 1. The van der Waals surface area contributed by atoms with Gasteiger partial charge in [-0.05, 0) is 49.9 Å². The van der Waals surface area contributed by atoms with Crippen LogP contribution >= 0.6 is 27.7 Å². The number of benzene rings is 1. The number of halogens is 1. The van der Waals surface area contributed by atoms with Crippen LogP contribution in [0.4, 0.5) is 0 Å². The number of aromatic carboxylic acids is 1. The number of carboxylic acid groups (broad SMARTS) is 1. The summed E-state index contributed by atoms with van der Waals surface area (Å²) in [5, 5.41) is 9.64. The second-order valence-electron chi connectivity index (χ2n) is 4.02. The molecule has 2 rings (SSSR count). The number of rotatable bonds is 3. The predicted molar refractivity (Wildman–Crippen MR) is 76.7 cm³/mol. The van der Waals surface area contributed by atoms with Crippen molar-refractivity contribution in [1.29, 1.82) is 0 Å². The van der Waals surface area contributed by atoms with Gasteiger partial charge in [0, 0.05) is 20.8 Å². The number of aryl methyl sites for hydroxylation is 2. The molecule has 0 spiro atoms. The van der Waals surface area contributed by atoms with E-state index in [2.05, 4.69) is 25.9 Å². The maximum atomic E-state index is 11.0. The second-order valence-corrected chi connectivity index (χ2v) is 5.97. The van der Waals surface area contributed by atoms with Gasteiger partial charge in [-0.15, -0.1) is 0 Å². The van der Waals surface area contributed by atoms with Crippen LogP contribution in [0.15, 0.2) is 38.8 Å². The molecule has 4 nitrogen and oxygen atoms in total. The summed E-state index contributed by atoms with van der Waals surface area (Å²) in [5.74, 6) is -0.954. The summed E-state index contributed by atoms with van der Waals surface area (Å²) in [4.78, 5) is 20.4. The van der Waals surface area contributed by atoms with Gasteiger partial charge in [0.25, 0.3) is 0 Å². The van der Waals surface area contributed by atoms with E-state index in [0.29, 0.717) is 5.16 Å². The Labute approximate surface area is 123 Å². The van der Waals surface area contributed by atoms with E-state index in [0.717, 1.165) is 20.8 Å². The maximum Gasteiger partial charge on any atom is 0.335 e. The summed E-state index contributed by atoms with van der Waals surface area (Å²) >= 11 is 4.65. The zero-order valence-electron chi connectivity index (χ0n) is 10.3. The molecule has 0 aliphatic rings. The van der Waals surface area contributed by atoms with Crippen LogP contribution in [-0.2, 0) is 0 Å². The average molecular weight is 339 g/mol. The van der Waals surface area contributed by atoms with Crippen LogP contribution in [0.5, 0.6) is 0 Å². The highest BCUT2D eigenvalue weighted by atomic mass is 79.9. The molecule has 0 unspecified atom stereocenters. The molecule has 0 saturated heterocycles. The third-order valence-corrected chi connectivity index (χ3v) is 3.58. The zero-order chi connectivity index (χ0) is 14.0. The molecule has 2 aromatic rings. The fourth-order valence-electron chi connectivity index (χ4n) is 1.59. The fraction of sp³-hybridized carbons (Fsp3) is 0.154. The molecule has 0 atom stereocenters. The largest absolute Gasteiger partial charge is 0.478 e. The Balaban J connectivity index is 2.35. The Hall–Kier alpha value is -1.40.